The van der Waals surface area contributed by atoms with E-state index in [2.05, 4.69) is 25.4 Å². The highest BCUT2D eigenvalue weighted by atomic mass is 32.2. The largest absolute Gasteiger partial charge is 0.497 e. The van der Waals surface area contributed by atoms with Crippen molar-refractivity contribution in [1.29, 1.82) is 0 Å². The first-order valence-electron chi connectivity index (χ1n) is 15.8. The molecule has 15 heteroatoms. The Morgan fingerprint density at radius 2 is 1.48 bits per heavy atom. The Morgan fingerprint density at radius 3 is 2.06 bits per heavy atom. The zero-order valence-electron chi connectivity index (χ0n) is 27.4. The van der Waals surface area contributed by atoms with E-state index < -0.39 is 32.2 Å². The van der Waals surface area contributed by atoms with Gasteiger partial charge >= 0.3 is 6.18 Å². The SMILES string of the molecule is COc1ccc(CNS(=O)(=O)c2c(C(F)(F)F)ccc(-c3ccc(C4(N)CCNCC4)cc3)c2-c2nnn(Cc3ccc(OC)cc3)n2)cc1. The number of alkyl halides is 3. The Kier molecular flexibility index (Phi) is 9.94. The minimum Gasteiger partial charge on any atom is -0.497 e. The molecule has 2 heterocycles. The van der Waals surface area contributed by atoms with Crippen molar-refractivity contribution in [2.75, 3.05) is 27.3 Å². The van der Waals surface area contributed by atoms with Crippen LogP contribution < -0.4 is 25.2 Å². The summed E-state index contributed by atoms with van der Waals surface area (Å²) in [5, 5.41) is 15.9. The molecule has 1 aliphatic rings. The van der Waals surface area contributed by atoms with Gasteiger partial charge in [0.05, 0.1) is 31.9 Å². The summed E-state index contributed by atoms with van der Waals surface area (Å²) in [5.74, 6) is 0.891. The van der Waals surface area contributed by atoms with Gasteiger partial charge in [-0.1, -0.05) is 54.6 Å². The topological polar surface area (TPSA) is 146 Å². The van der Waals surface area contributed by atoms with Gasteiger partial charge in [0.2, 0.25) is 15.8 Å². The number of methoxy groups -OCH3 is 2. The van der Waals surface area contributed by atoms with Gasteiger partial charge in [0.1, 0.15) is 16.4 Å². The van der Waals surface area contributed by atoms with E-state index in [4.69, 9.17) is 15.2 Å². The van der Waals surface area contributed by atoms with E-state index in [0.717, 1.165) is 30.3 Å². The maximum Gasteiger partial charge on any atom is 0.417 e. The van der Waals surface area contributed by atoms with Crippen molar-refractivity contribution in [3.05, 3.63) is 107 Å². The number of nitrogens with zero attached hydrogens (tertiary/aromatic N) is 4. The average Bonchev–Trinajstić information content (AvgIpc) is 3.58. The number of sulfonamides is 1. The second kappa shape index (κ2) is 14.2. The summed E-state index contributed by atoms with van der Waals surface area (Å²) in [6, 6.07) is 22.6. The fraction of sp³-hybridized carbons (Fsp3) is 0.286. The molecule has 1 fully saturated rings. The van der Waals surface area contributed by atoms with Gasteiger partial charge < -0.3 is 20.5 Å². The minimum absolute atomic E-state index is 0.116. The molecule has 0 bridgehead atoms. The molecule has 0 spiro atoms. The van der Waals surface area contributed by atoms with E-state index in [1.165, 1.54) is 18.0 Å². The Bertz CT molecular complexity index is 2050. The van der Waals surface area contributed by atoms with Crippen molar-refractivity contribution in [2.24, 2.45) is 5.73 Å². The van der Waals surface area contributed by atoms with E-state index in [9.17, 15) is 21.6 Å². The van der Waals surface area contributed by atoms with Crippen molar-refractivity contribution in [1.82, 2.24) is 30.2 Å². The number of nitrogens with two attached hydrogens (primary N) is 1. The van der Waals surface area contributed by atoms with Gasteiger partial charge in [0, 0.05) is 12.1 Å². The third kappa shape index (κ3) is 7.50. The molecule has 11 nitrogen and oxygen atoms in total. The molecule has 1 aliphatic heterocycles. The van der Waals surface area contributed by atoms with Crippen LogP contribution in [0.1, 0.15) is 35.1 Å². The van der Waals surface area contributed by atoms with Gasteiger partial charge in [0.25, 0.3) is 0 Å². The lowest BCUT2D eigenvalue weighted by Crippen LogP contribution is -2.46. The zero-order chi connectivity index (χ0) is 35.5. The number of halogens is 3. The molecule has 4 N–H and O–H groups in total. The van der Waals surface area contributed by atoms with Crippen LogP contribution in [0.25, 0.3) is 22.5 Å². The number of aromatic nitrogens is 4. The molecular weight excluding hydrogens is 671 g/mol. The standard InChI is InChI=1S/C35H36F3N7O4S/c1-48-27-11-3-23(4-12-27)21-41-50(46,47)32-30(35(36,37)38)16-15-29(25-7-9-26(10-8-25)34(39)17-19-40-20-18-34)31(32)33-42-44-45(43-33)22-24-5-13-28(49-2)14-6-24/h3-16,40-41H,17-22,39H2,1-2H3. The van der Waals surface area contributed by atoms with Crippen LogP contribution in [0.2, 0.25) is 0 Å². The van der Waals surface area contributed by atoms with Crippen molar-refractivity contribution in [3.8, 4) is 34.0 Å². The summed E-state index contributed by atoms with van der Waals surface area (Å²) in [6.45, 7) is 1.34. The molecule has 0 radical (unpaired) electrons. The van der Waals surface area contributed by atoms with Gasteiger partial charge in [-0.05, 0) is 89.3 Å². The lowest BCUT2D eigenvalue weighted by molar-refractivity contribution is -0.139. The maximum absolute atomic E-state index is 14.7. The Hall–Kier alpha value is -4.83. The number of hydrogen-bond acceptors (Lipinski definition) is 9. The summed E-state index contributed by atoms with van der Waals surface area (Å²) < 4.78 is 85.0. The maximum atomic E-state index is 14.7. The quantitative estimate of drug-likeness (QED) is 0.171. The summed E-state index contributed by atoms with van der Waals surface area (Å²) in [4.78, 5) is 0.193. The van der Waals surface area contributed by atoms with Crippen LogP contribution in [0.5, 0.6) is 11.5 Å². The monoisotopic (exact) mass is 707 g/mol. The Balaban J connectivity index is 1.47. The van der Waals surface area contributed by atoms with Gasteiger partial charge in [-0.2, -0.15) is 18.0 Å². The minimum atomic E-state index is -5.04. The van der Waals surface area contributed by atoms with Crippen LogP contribution in [0.4, 0.5) is 13.2 Å². The molecule has 5 aromatic rings. The number of rotatable bonds is 11. The Labute approximate surface area is 287 Å². The molecule has 6 rings (SSSR count). The predicted molar refractivity (Wildman–Crippen MR) is 181 cm³/mol. The lowest BCUT2D eigenvalue weighted by Gasteiger charge is -2.34. The molecule has 50 heavy (non-hydrogen) atoms. The molecule has 0 unspecified atom stereocenters. The fourth-order valence-corrected chi connectivity index (χ4v) is 7.43. The van der Waals surface area contributed by atoms with Gasteiger partial charge in [-0.3, -0.25) is 0 Å². The van der Waals surface area contributed by atoms with Crippen LogP contribution in [0.3, 0.4) is 0 Å². The molecule has 0 atom stereocenters. The van der Waals surface area contributed by atoms with Crippen molar-refractivity contribution < 1.29 is 31.1 Å². The molecule has 262 valence electrons. The number of nitrogens with one attached hydrogen (secondary N) is 2. The molecule has 1 saturated heterocycles. The third-order valence-electron chi connectivity index (χ3n) is 8.78. The number of piperidine rings is 1. The second-order valence-corrected chi connectivity index (χ2v) is 13.7. The Morgan fingerprint density at radius 1 is 0.880 bits per heavy atom. The normalized spacial score (nSPS) is 14.8. The molecule has 0 saturated carbocycles. The van der Waals surface area contributed by atoms with E-state index in [-0.39, 0.29) is 30.0 Å². The van der Waals surface area contributed by atoms with Gasteiger partial charge in [-0.25, -0.2) is 13.1 Å². The summed E-state index contributed by atoms with van der Waals surface area (Å²) >= 11 is 0. The van der Waals surface area contributed by atoms with Crippen LogP contribution in [-0.4, -0.2) is 55.9 Å². The summed E-state index contributed by atoms with van der Waals surface area (Å²) in [7, 11) is -1.82. The number of ether oxygens (including phenoxy) is 2. The van der Waals surface area contributed by atoms with Crippen molar-refractivity contribution in [2.45, 2.75) is 42.5 Å². The smallest absolute Gasteiger partial charge is 0.417 e. The van der Waals surface area contributed by atoms with Gasteiger partial charge in [-0.15, -0.1) is 10.2 Å². The van der Waals surface area contributed by atoms with E-state index in [1.54, 1.807) is 67.8 Å². The van der Waals surface area contributed by atoms with Crippen molar-refractivity contribution >= 4 is 10.0 Å². The van der Waals surface area contributed by atoms with Crippen LogP contribution in [-0.2, 0) is 34.8 Å². The first-order valence-corrected chi connectivity index (χ1v) is 17.3. The highest BCUT2D eigenvalue weighted by Crippen LogP contribution is 2.44. The van der Waals surface area contributed by atoms with E-state index in [0.29, 0.717) is 35.5 Å². The highest BCUT2D eigenvalue weighted by molar-refractivity contribution is 7.89. The third-order valence-corrected chi connectivity index (χ3v) is 10.3. The fourth-order valence-electron chi connectivity index (χ4n) is 5.99. The first kappa shape index (κ1) is 35.0. The predicted octanol–water partition coefficient (Wildman–Crippen LogP) is 5.11. The zero-order valence-corrected chi connectivity index (χ0v) is 28.2. The first-order chi connectivity index (χ1) is 23.9. The van der Waals surface area contributed by atoms with E-state index in [1.807, 2.05) is 12.1 Å². The van der Waals surface area contributed by atoms with Crippen LogP contribution in [0, 0.1) is 0 Å². The van der Waals surface area contributed by atoms with E-state index >= 15 is 0 Å². The summed E-state index contributed by atoms with van der Waals surface area (Å²) in [6.07, 6.45) is -3.62. The second-order valence-electron chi connectivity index (χ2n) is 12.0. The number of benzene rings is 4. The van der Waals surface area contributed by atoms with Crippen LogP contribution in [0.15, 0.2) is 89.8 Å². The van der Waals surface area contributed by atoms with Crippen LogP contribution >= 0.6 is 0 Å². The highest BCUT2D eigenvalue weighted by Gasteiger charge is 2.41. The van der Waals surface area contributed by atoms with Gasteiger partial charge in [0.15, 0.2) is 0 Å². The molecule has 1 aromatic heterocycles. The molecule has 0 amide bonds. The molecule has 4 aromatic carbocycles. The number of hydrogen-bond donors (Lipinski definition) is 3. The average molecular weight is 708 g/mol. The lowest BCUT2D eigenvalue weighted by atomic mass is 9.82. The number of tetrazole rings is 1. The van der Waals surface area contributed by atoms with Crippen molar-refractivity contribution in [3.63, 3.8) is 0 Å². The molecule has 0 aliphatic carbocycles. The summed E-state index contributed by atoms with van der Waals surface area (Å²) in [5.41, 5.74) is 7.22. The molecular formula is C35H36F3N7O4S.